The number of halogens is 1. The molecule has 4 nitrogen and oxygen atoms in total. The van der Waals surface area contributed by atoms with Crippen molar-refractivity contribution in [3.63, 3.8) is 0 Å². The van der Waals surface area contributed by atoms with E-state index in [0.29, 0.717) is 17.2 Å². The molecule has 0 spiro atoms. The zero-order chi connectivity index (χ0) is 16.0. The Morgan fingerprint density at radius 2 is 0.917 bits per heavy atom. The van der Waals surface area contributed by atoms with Crippen LogP contribution in [0.25, 0.3) is 0 Å². The van der Waals surface area contributed by atoms with Crippen molar-refractivity contribution in [3.05, 3.63) is 72.8 Å². The van der Waals surface area contributed by atoms with Gasteiger partial charge in [-0.3, -0.25) is 0 Å². The molecule has 0 saturated heterocycles. The second-order valence-electron chi connectivity index (χ2n) is 6.22. The number of fused-ring (bicyclic) bond motifs is 3. The number of para-hydroxylation sites is 6. The maximum atomic E-state index is 7.27. The average molecular weight is 354 g/mol. The number of benzene rings is 3. The van der Waals surface area contributed by atoms with E-state index >= 15 is 0 Å². The Balaban J connectivity index is 1.86. The summed E-state index contributed by atoms with van der Waals surface area (Å²) in [5.41, 5.74) is 2.86. The van der Waals surface area contributed by atoms with Gasteiger partial charge in [0.25, 0.3) is 0 Å². The number of hydrogen-bond acceptors (Lipinski definition) is 3. The normalized spacial score (nSPS) is 27.0. The molecule has 3 aromatic rings. The van der Waals surface area contributed by atoms with Gasteiger partial charge in [0.15, 0.2) is 0 Å². The van der Waals surface area contributed by atoms with Crippen LogP contribution in [0.15, 0.2) is 72.8 Å². The summed E-state index contributed by atoms with van der Waals surface area (Å²) < 4.78 is 19.2. The molecule has 3 aliphatic rings. The van der Waals surface area contributed by atoms with E-state index in [4.69, 9.17) is 24.4 Å². The second kappa shape index (κ2) is 3.62. The van der Waals surface area contributed by atoms with E-state index in [-0.39, 0.29) is 4.15 Å². The summed E-state index contributed by atoms with van der Waals surface area (Å²) in [7, 11) is -4.41. The number of rotatable bonds is 0. The van der Waals surface area contributed by atoms with Gasteiger partial charge in [-0.05, 0) is 0 Å². The predicted octanol–water partition coefficient (Wildman–Crippen LogP) is 4.96. The van der Waals surface area contributed by atoms with Crippen LogP contribution >= 0.6 is 11.1 Å². The zero-order valence-corrected chi connectivity index (χ0v) is 14.2. The van der Waals surface area contributed by atoms with Crippen molar-refractivity contribution in [2.45, 2.75) is 0 Å². The number of hydrogen-bond donors (Lipinski definition) is 0. The Labute approximate surface area is 143 Å². The molecule has 0 N–H and O–H groups in total. The van der Waals surface area contributed by atoms with Crippen molar-refractivity contribution in [1.82, 2.24) is 4.15 Å². The molecule has 0 aliphatic carbocycles. The first-order chi connectivity index (χ1) is 11.7. The van der Waals surface area contributed by atoms with Crippen LogP contribution in [0.1, 0.15) is 0 Å². The van der Waals surface area contributed by atoms with Crippen LogP contribution in [-0.2, 0) is 0 Å². The van der Waals surface area contributed by atoms with E-state index in [0.717, 1.165) is 17.1 Å². The first kappa shape index (κ1) is 12.9. The fourth-order valence-corrected chi connectivity index (χ4v) is 9.66. The van der Waals surface area contributed by atoms with E-state index in [9.17, 15) is 0 Å². The zero-order valence-electron chi connectivity index (χ0n) is 12.5. The molecule has 0 bridgehead atoms. The molecule has 0 fully saturated rings. The predicted molar refractivity (Wildman–Crippen MR) is 93.9 cm³/mol. The van der Waals surface area contributed by atoms with Crippen LogP contribution in [0, 0.1) is 0 Å². The van der Waals surface area contributed by atoms with Crippen molar-refractivity contribution in [2.75, 3.05) is 0 Å². The molecule has 0 aromatic heterocycles. The van der Waals surface area contributed by atoms with Gasteiger partial charge in [0.2, 0.25) is 0 Å². The van der Waals surface area contributed by atoms with Crippen LogP contribution in [0.5, 0.6) is 17.2 Å². The summed E-state index contributed by atoms with van der Waals surface area (Å²) in [4.78, 5) is 0. The molecule has 0 atom stereocenters. The minimum absolute atomic E-state index is 0.185. The monoisotopic (exact) mass is 353 g/mol. The third-order valence-corrected chi connectivity index (χ3v) is 9.97. The molecule has 118 valence electrons. The van der Waals surface area contributed by atoms with Crippen molar-refractivity contribution < 1.29 is 13.3 Å². The first-order valence-electron chi connectivity index (χ1n) is 7.79. The van der Waals surface area contributed by atoms with E-state index in [1.807, 2.05) is 72.8 Å². The van der Waals surface area contributed by atoms with Crippen LogP contribution in [0.2, 0.25) is 0 Å². The second-order valence-corrected chi connectivity index (χ2v) is 11.1. The molecule has 0 unspecified atom stereocenters. The summed E-state index contributed by atoms with van der Waals surface area (Å²) in [5, 5.41) is 0. The molecule has 24 heavy (non-hydrogen) atoms. The average Bonchev–Trinajstić information content (AvgIpc) is 3.04. The van der Waals surface area contributed by atoms with Gasteiger partial charge >= 0.3 is 143 Å². The molecule has 3 aromatic carbocycles. The van der Waals surface area contributed by atoms with Gasteiger partial charge in [-0.15, -0.1) is 0 Å². The van der Waals surface area contributed by atoms with Crippen molar-refractivity contribution in [3.8, 4) is 17.2 Å². The van der Waals surface area contributed by atoms with E-state index in [1.54, 1.807) is 0 Å². The Hall–Kier alpha value is -2.47. The van der Waals surface area contributed by atoms with E-state index in [1.165, 1.54) is 0 Å². The van der Waals surface area contributed by atoms with Crippen molar-refractivity contribution in [1.29, 1.82) is 0 Å². The van der Waals surface area contributed by atoms with Crippen LogP contribution in [0.4, 0.5) is 17.1 Å². The summed E-state index contributed by atoms with van der Waals surface area (Å²) in [5.74, 6) is 2.14. The SMILES string of the molecule is Cl[Si-]123Oc4ccccc4[N+]1(c1ccccc1O2)c1ccccc1O3. The van der Waals surface area contributed by atoms with E-state index in [2.05, 4.69) is 0 Å². The van der Waals surface area contributed by atoms with Crippen LogP contribution < -0.4 is 17.4 Å². The minimum atomic E-state index is -4.41. The number of quaternary nitrogens is 1. The van der Waals surface area contributed by atoms with Gasteiger partial charge in [-0.25, -0.2) is 0 Å². The van der Waals surface area contributed by atoms with Crippen LogP contribution in [0.3, 0.4) is 0 Å². The summed E-state index contributed by atoms with van der Waals surface area (Å²) in [6, 6.07) is 23.6. The molecule has 0 amide bonds. The molecule has 3 heterocycles. The van der Waals surface area contributed by atoms with Crippen molar-refractivity contribution in [2.24, 2.45) is 0 Å². The molecule has 0 radical (unpaired) electrons. The summed E-state index contributed by atoms with van der Waals surface area (Å²) in [6.45, 7) is 0. The maximum absolute atomic E-state index is 7.27. The van der Waals surface area contributed by atoms with Gasteiger partial charge in [0.1, 0.15) is 0 Å². The quantitative estimate of drug-likeness (QED) is 0.422. The van der Waals surface area contributed by atoms with Gasteiger partial charge in [-0.1, -0.05) is 0 Å². The van der Waals surface area contributed by atoms with Crippen molar-refractivity contribution >= 4 is 35.7 Å². The van der Waals surface area contributed by atoms with Gasteiger partial charge in [0, 0.05) is 0 Å². The molecule has 0 saturated carbocycles. The Morgan fingerprint density at radius 1 is 0.583 bits per heavy atom. The van der Waals surface area contributed by atoms with Crippen LogP contribution in [-0.4, -0.2) is 7.55 Å². The summed E-state index contributed by atoms with van der Waals surface area (Å²) in [6.07, 6.45) is 0. The van der Waals surface area contributed by atoms with E-state index < -0.39 is 7.55 Å². The molecule has 6 rings (SSSR count). The topological polar surface area (TPSA) is 27.7 Å². The molecule has 3 aliphatic heterocycles. The fraction of sp³-hybridized carbons (Fsp3) is 0. The van der Waals surface area contributed by atoms with Gasteiger partial charge < -0.3 is 0 Å². The fourth-order valence-electron chi connectivity index (χ4n) is 4.24. The molecular weight excluding hydrogens is 342 g/mol. The third kappa shape index (κ3) is 1.09. The Kier molecular flexibility index (Phi) is 1.94. The Bertz CT molecular complexity index is 928. The number of nitrogens with zero attached hydrogens (tertiary/aromatic N) is 1. The third-order valence-electron chi connectivity index (χ3n) is 5.05. The summed E-state index contributed by atoms with van der Waals surface area (Å²) >= 11 is 7.27. The molecule has 6 heteroatoms. The first-order valence-corrected chi connectivity index (χ1v) is 11.0. The molecular formula is C18H12ClNO3Si. The Morgan fingerprint density at radius 3 is 1.29 bits per heavy atom. The van der Waals surface area contributed by atoms with Gasteiger partial charge in [0.05, 0.1) is 0 Å². The van der Waals surface area contributed by atoms with Gasteiger partial charge in [-0.2, -0.15) is 0 Å². The standard InChI is InChI=1S/C18H12ClNO3Si/c19-24-20(13-7-1-4-10-16(13)21-24,14-8-2-5-11-17(14)22-24)15-9-3-6-12-18(15)23-24/h1-12H.